The molecule has 1 amide bonds. The van der Waals surface area contributed by atoms with Gasteiger partial charge in [-0.1, -0.05) is 12.1 Å². The van der Waals surface area contributed by atoms with Crippen LogP contribution in [0.3, 0.4) is 0 Å². The van der Waals surface area contributed by atoms with E-state index in [4.69, 9.17) is 4.52 Å². The second-order valence-corrected chi connectivity index (χ2v) is 8.40. The third-order valence-electron chi connectivity index (χ3n) is 5.17. The van der Waals surface area contributed by atoms with Crippen LogP contribution in [0.5, 0.6) is 0 Å². The molecule has 0 aromatic carbocycles. The molecule has 0 saturated carbocycles. The van der Waals surface area contributed by atoms with Gasteiger partial charge in [0.1, 0.15) is 11.4 Å². The number of fused-ring (bicyclic) bond motifs is 1. The predicted molar refractivity (Wildman–Crippen MR) is 107 cm³/mol. The largest absolute Gasteiger partial charge is 0.406 e. The van der Waals surface area contributed by atoms with Crippen LogP contribution >= 0.6 is 11.3 Å². The van der Waals surface area contributed by atoms with Gasteiger partial charge in [-0.2, -0.15) is 18.2 Å². The number of hydrogen-bond acceptors (Lipinski definition) is 6. The van der Waals surface area contributed by atoms with E-state index in [0.717, 1.165) is 41.8 Å². The highest BCUT2D eigenvalue weighted by molar-refractivity contribution is 7.17. The molecular formula is C19H22F3N5O2S. The zero-order chi connectivity index (χ0) is 21.5. The summed E-state index contributed by atoms with van der Waals surface area (Å²) in [5, 5.41) is 8.91. The Kier molecular flexibility index (Phi) is 5.58. The van der Waals surface area contributed by atoms with E-state index in [1.807, 2.05) is 14.0 Å². The number of carbonyl (C=O) groups is 1. The summed E-state index contributed by atoms with van der Waals surface area (Å²) in [6.07, 6.45) is -2.08. The maximum atomic E-state index is 13.3. The molecule has 11 heteroatoms. The number of nitrogens with one attached hydrogen (secondary N) is 1. The van der Waals surface area contributed by atoms with Crippen LogP contribution in [0.1, 0.15) is 36.0 Å². The van der Waals surface area contributed by atoms with Crippen molar-refractivity contribution in [2.45, 2.75) is 44.9 Å². The van der Waals surface area contributed by atoms with E-state index in [9.17, 15) is 18.0 Å². The average Bonchev–Trinajstić information content (AvgIpc) is 3.36. The summed E-state index contributed by atoms with van der Waals surface area (Å²) in [4.78, 5) is 19.6. The Bertz CT molecular complexity index is 1050. The molecule has 1 aliphatic rings. The van der Waals surface area contributed by atoms with Gasteiger partial charge in [-0.15, -0.1) is 11.3 Å². The summed E-state index contributed by atoms with van der Waals surface area (Å²) in [6, 6.07) is 1.57. The number of nitrogens with zero attached hydrogens (tertiary/aromatic N) is 4. The monoisotopic (exact) mass is 441 g/mol. The van der Waals surface area contributed by atoms with Crippen LogP contribution in [0.2, 0.25) is 0 Å². The Hall–Kier alpha value is -2.40. The van der Waals surface area contributed by atoms with Gasteiger partial charge < -0.3 is 19.3 Å². The molecular weight excluding hydrogens is 419 g/mol. The van der Waals surface area contributed by atoms with Crippen molar-refractivity contribution >= 4 is 27.5 Å². The number of alkyl halides is 3. The highest BCUT2D eigenvalue weighted by atomic mass is 32.1. The molecule has 0 radical (unpaired) electrons. The summed E-state index contributed by atoms with van der Waals surface area (Å²) in [7, 11) is 2.00. The van der Waals surface area contributed by atoms with Gasteiger partial charge in [0.15, 0.2) is 0 Å². The lowest BCUT2D eigenvalue weighted by atomic mass is 10.1. The molecule has 1 aliphatic heterocycles. The topological polar surface area (TPSA) is 76.2 Å². The normalized spacial score (nSPS) is 18.2. The molecule has 4 rings (SSSR count). The molecule has 1 atom stereocenters. The lowest BCUT2D eigenvalue weighted by molar-refractivity contribution is -0.139. The number of likely N-dealkylation sites (tertiary alicyclic amines) is 1. The van der Waals surface area contributed by atoms with Gasteiger partial charge in [-0.25, -0.2) is 0 Å². The van der Waals surface area contributed by atoms with Crippen molar-refractivity contribution in [2.24, 2.45) is 0 Å². The van der Waals surface area contributed by atoms with Crippen LogP contribution in [-0.2, 0) is 13.0 Å². The van der Waals surface area contributed by atoms with Gasteiger partial charge >= 0.3 is 6.18 Å². The van der Waals surface area contributed by atoms with Crippen molar-refractivity contribution in [3.63, 3.8) is 0 Å². The second-order valence-electron chi connectivity index (χ2n) is 7.54. The number of carbonyl (C=O) groups excluding carboxylic acids is 1. The van der Waals surface area contributed by atoms with Crippen molar-refractivity contribution in [1.82, 2.24) is 24.9 Å². The fourth-order valence-corrected chi connectivity index (χ4v) is 4.83. The molecule has 30 heavy (non-hydrogen) atoms. The molecule has 0 bridgehead atoms. The van der Waals surface area contributed by atoms with E-state index in [2.05, 4.69) is 20.4 Å². The molecule has 3 aromatic rings. The Morgan fingerprint density at radius 3 is 2.90 bits per heavy atom. The molecule has 0 spiro atoms. The van der Waals surface area contributed by atoms with Crippen molar-refractivity contribution in [1.29, 1.82) is 0 Å². The number of hydrogen-bond donors (Lipinski definition) is 1. The highest BCUT2D eigenvalue weighted by Crippen LogP contribution is 2.36. The SMILES string of the molecule is CCc1nc(-c2cc3c(C(=O)NC4CCCN(C)C4)csc3n2CC(F)(F)F)no1. The van der Waals surface area contributed by atoms with Crippen molar-refractivity contribution in [3.05, 3.63) is 22.9 Å². The summed E-state index contributed by atoms with van der Waals surface area (Å²) in [5.41, 5.74) is 0.550. The number of amides is 1. The first-order valence-corrected chi connectivity index (χ1v) is 10.6. The highest BCUT2D eigenvalue weighted by Gasteiger charge is 2.32. The predicted octanol–water partition coefficient (Wildman–Crippen LogP) is 3.70. The zero-order valence-electron chi connectivity index (χ0n) is 16.6. The second kappa shape index (κ2) is 8.03. The smallest absolute Gasteiger partial charge is 0.348 e. The fourth-order valence-electron chi connectivity index (χ4n) is 3.78. The van der Waals surface area contributed by atoms with E-state index in [-0.39, 0.29) is 23.5 Å². The molecule has 1 unspecified atom stereocenters. The number of piperidine rings is 1. The number of halogens is 3. The Morgan fingerprint density at radius 1 is 1.43 bits per heavy atom. The fraction of sp³-hybridized carbons (Fsp3) is 0.526. The summed E-state index contributed by atoms with van der Waals surface area (Å²) < 4.78 is 46.0. The van der Waals surface area contributed by atoms with Crippen molar-refractivity contribution in [3.8, 4) is 11.5 Å². The van der Waals surface area contributed by atoms with Crippen LogP contribution in [-0.4, -0.2) is 57.9 Å². The van der Waals surface area contributed by atoms with Gasteiger partial charge in [-0.3, -0.25) is 4.79 Å². The van der Waals surface area contributed by atoms with Gasteiger partial charge in [-0.05, 0) is 32.5 Å². The van der Waals surface area contributed by atoms with Gasteiger partial charge in [0.05, 0.1) is 11.3 Å². The molecule has 1 fully saturated rings. The van der Waals surface area contributed by atoms with Gasteiger partial charge in [0.25, 0.3) is 5.91 Å². The Morgan fingerprint density at radius 2 is 2.23 bits per heavy atom. The Labute approximate surface area is 174 Å². The quantitative estimate of drug-likeness (QED) is 0.654. The third-order valence-corrected chi connectivity index (χ3v) is 6.18. The number of rotatable bonds is 5. The standard InChI is InChI=1S/C19H22F3N5O2S/c1-3-15-24-16(25-29-15)14-7-12-13(9-30-18(12)27(14)10-19(20,21)22)17(28)23-11-5-4-6-26(2)8-11/h7,9,11H,3-6,8,10H2,1-2H3,(H,23,28). The van der Waals surface area contributed by atoms with E-state index in [0.29, 0.717) is 28.1 Å². The maximum absolute atomic E-state index is 13.3. The number of aromatic nitrogens is 3. The minimum absolute atomic E-state index is 0.0206. The van der Waals surface area contributed by atoms with Crippen LogP contribution in [0.15, 0.2) is 16.0 Å². The molecule has 7 nitrogen and oxygen atoms in total. The molecule has 4 heterocycles. The van der Waals surface area contributed by atoms with Gasteiger partial charge in [0.2, 0.25) is 11.7 Å². The minimum Gasteiger partial charge on any atom is -0.348 e. The van der Waals surface area contributed by atoms with E-state index < -0.39 is 12.7 Å². The van der Waals surface area contributed by atoms with Gasteiger partial charge in [0, 0.05) is 29.8 Å². The summed E-state index contributed by atoms with van der Waals surface area (Å²) in [5.74, 6) is 0.145. The molecule has 1 N–H and O–H groups in total. The summed E-state index contributed by atoms with van der Waals surface area (Å²) >= 11 is 1.11. The van der Waals surface area contributed by atoms with Crippen molar-refractivity contribution < 1.29 is 22.5 Å². The van der Waals surface area contributed by atoms with Crippen LogP contribution in [0, 0.1) is 0 Å². The first-order chi connectivity index (χ1) is 14.2. The lowest BCUT2D eigenvalue weighted by Gasteiger charge is -2.30. The molecule has 0 aliphatic carbocycles. The van der Waals surface area contributed by atoms with E-state index in [1.165, 1.54) is 0 Å². The number of thiophene rings is 1. The minimum atomic E-state index is -4.43. The third kappa shape index (κ3) is 4.22. The molecule has 162 valence electrons. The van der Waals surface area contributed by atoms with E-state index in [1.54, 1.807) is 11.4 Å². The zero-order valence-corrected chi connectivity index (χ0v) is 17.4. The Balaban J connectivity index is 1.70. The maximum Gasteiger partial charge on any atom is 0.406 e. The van der Waals surface area contributed by atoms with Crippen molar-refractivity contribution in [2.75, 3.05) is 20.1 Å². The van der Waals surface area contributed by atoms with Crippen LogP contribution in [0.4, 0.5) is 13.2 Å². The molecule has 3 aromatic heterocycles. The number of likely N-dealkylation sites (N-methyl/N-ethyl adjacent to an activating group) is 1. The lowest BCUT2D eigenvalue weighted by Crippen LogP contribution is -2.46. The van der Waals surface area contributed by atoms with Crippen LogP contribution in [0.25, 0.3) is 21.7 Å². The van der Waals surface area contributed by atoms with E-state index >= 15 is 0 Å². The first kappa shape index (κ1) is 20.9. The first-order valence-electron chi connectivity index (χ1n) is 9.75. The number of aryl methyl sites for hydroxylation is 1. The summed E-state index contributed by atoms with van der Waals surface area (Å²) in [6.45, 7) is 2.36. The van der Waals surface area contributed by atoms with Crippen LogP contribution < -0.4 is 5.32 Å². The molecule has 1 saturated heterocycles. The average molecular weight is 441 g/mol.